The molecule has 0 spiro atoms. The number of ether oxygens (including phenoxy) is 1. The lowest BCUT2D eigenvalue weighted by Gasteiger charge is -2.31. The molecule has 0 bridgehead atoms. The second-order valence-electron chi connectivity index (χ2n) is 8.74. The van der Waals surface area contributed by atoms with Gasteiger partial charge in [-0.1, -0.05) is 66.7 Å². The highest BCUT2D eigenvalue weighted by molar-refractivity contribution is 6.07. The summed E-state index contributed by atoms with van der Waals surface area (Å²) in [5.74, 6) is 0.352. The van der Waals surface area contributed by atoms with Crippen LogP contribution >= 0.6 is 0 Å². The van der Waals surface area contributed by atoms with Gasteiger partial charge in [0.25, 0.3) is 5.91 Å². The van der Waals surface area contributed by atoms with E-state index in [4.69, 9.17) is 4.74 Å². The second-order valence-corrected chi connectivity index (χ2v) is 8.74. The maximum atomic E-state index is 13.2. The van der Waals surface area contributed by atoms with E-state index >= 15 is 0 Å². The van der Waals surface area contributed by atoms with Gasteiger partial charge in [-0.15, -0.1) is 0 Å². The first-order valence-electron chi connectivity index (χ1n) is 11.9. The minimum Gasteiger partial charge on any atom is -0.473 e. The number of nitrogens with zero attached hydrogens (tertiary/aromatic N) is 2. The van der Waals surface area contributed by atoms with Crippen molar-refractivity contribution >= 4 is 28.3 Å². The van der Waals surface area contributed by atoms with Crippen molar-refractivity contribution in [2.45, 2.75) is 19.4 Å². The summed E-state index contributed by atoms with van der Waals surface area (Å²) < 4.78 is 5.70. The third-order valence-electron chi connectivity index (χ3n) is 6.41. The Hall–Kier alpha value is -4.19. The summed E-state index contributed by atoms with van der Waals surface area (Å²) in [6.45, 7) is 1.56. The van der Waals surface area contributed by atoms with Gasteiger partial charge in [0.1, 0.15) is 6.61 Å². The van der Waals surface area contributed by atoms with E-state index in [9.17, 15) is 9.59 Å². The molecule has 176 valence electrons. The summed E-state index contributed by atoms with van der Waals surface area (Å²) in [5, 5.41) is 4.97. The van der Waals surface area contributed by atoms with E-state index in [0.29, 0.717) is 49.7 Å². The predicted molar refractivity (Wildman–Crippen MR) is 136 cm³/mol. The number of likely N-dealkylation sites (tertiary alicyclic amines) is 1. The van der Waals surface area contributed by atoms with E-state index in [1.807, 2.05) is 77.7 Å². The van der Waals surface area contributed by atoms with Crippen molar-refractivity contribution in [2.75, 3.05) is 18.4 Å². The van der Waals surface area contributed by atoms with E-state index in [1.54, 1.807) is 18.3 Å². The van der Waals surface area contributed by atoms with Crippen molar-refractivity contribution in [2.24, 2.45) is 5.92 Å². The largest absolute Gasteiger partial charge is 0.473 e. The molecule has 1 saturated heterocycles. The van der Waals surface area contributed by atoms with Gasteiger partial charge in [0.15, 0.2) is 0 Å². The first-order valence-corrected chi connectivity index (χ1v) is 11.9. The lowest BCUT2D eigenvalue weighted by molar-refractivity contribution is -0.121. The Morgan fingerprint density at radius 2 is 1.63 bits per heavy atom. The molecular weight excluding hydrogens is 438 g/mol. The Morgan fingerprint density at radius 3 is 2.40 bits per heavy atom. The molecule has 1 N–H and O–H groups in total. The van der Waals surface area contributed by atoms with Crippen LogP contribution in [0.5, 0.6) is 5.88 Å². The van der Waals surface area contributed by atoms with Gasteiger partial charge in [0.2, 0.25) is 11.8 Å². The molecule has 1 aliphatic rings. The molecule has 3 aromatic carbocycles. The van der Waals surface area contributed by atoms with E-state index in [1.165, 1.54) is 0 Å². The molecule has 0 radical (unpaired) electrons. The zero-order valence-corrected chi connectivity index (χ0v) is 19.4. The lowest BCUT2D eigenvalue weighted by atomic mass is 9.94. The summed E-state index contributed by atoms with van der Waals surface area (Å²) in [7, 11) is 0. The number of amides is 2. The topological polar surface area (TPSA) is 71.5 Å². The van der Waals surface area contributed by atoms with Crippen LogP contribution in [-0.4, -0.2) is 34.8 Å². The Morgan fingerprint density at radius 1 is 0.886 bits per heavy atom. The highest BCUT2D eigenvalue weighted by Crippen LogP contribution is 2.24. The summed E-state index contributed by atoms with van der Waals surface area (Å²) in [6, 6.07) is 27.2. The number of anilines is 1. The highest BCUT2D eigenvalue weighted by Gasteiger charge is 2.28. The molecule has 1 fully saturated rings. The van der Waals surface area contributed by atoms with E-state index in [-0.39, 0.29) is 17.7 Å². The minimum absolute atomic E-state index is 0.0240. The molecule has 0 atom stereocenters. The molecule has 5 rings (SSSR count). The average Bonchev–Trinajstić information content (AvgIpc) is 2.92. The fraction of sp³-hybridized carbons (Fsp3) is 0.207. The number of piperidine rings is 1. The summed E-state index contributed by atoms with van der Waals surface area (Å²) in [5.41, 5.74) is 2.42. The van der Waals surface area contributed by atoms with Gasteiger partial charge in [-0.25, -0.2) is 4.98 Å². The molecule has 1 aliphatic heterocycles. The molecular formula is C29H27N3O3. The van der Waals surface area contributed by atoms with Crippen molar-refractivity contribution in [3.63, 3.8) is 0 Å². The Bertz CT molecular complexity index is 1310. The number of carbonyl (C=O) groups is 2. The van der Waals surface area contributed by atoms with Crippen molar-refractivity contribution in [3.8, 4) is 5.88 Å². The molecule has 4 aromatic rings. The van der Waals surface area contributed by atoms with Crippen molar-refractivity contribution in [1.82, 2.24) is 9.88 Å². The van der Waals surface area contributed by atoms with Gasteiger partial charge < -0.3 is 15.0 Å². The van der Waals surface area contributed by atoms with Crippen molar-refractivity contribution in [1.29, 1.82) is 0 Å². The van der Waals surface area contributed by atoms with Crippen LogP contribution in [0.3, 0.4) is 0 Å². The zero-order valence-electron chi connectivity index (χ0n) is 19.4. The van der Waals surface area contributed by atoms with Crippen LogP contribution in [0.4, 0.5) is 5.69 Å². The van der Waals surface area contributed by atoms with Gasteiger partial charge >= 0.3 is 0 Å². The fourth-order valence-corrected chi connectivity index (χ4v) is 4.44. The number of fused-ring (bicyclic) bond motifs is 1. The number of benzene rings is 3. The smallest absolute Gasteiger partial charge is 0.254 e. The van der Waals surface area contributed by atoms with Gasteiger partial charge in [0.05, 0.1) is 11.9 Å². The van der Waals surface area contributed by atoms with Crippen LogP contribution in [0, 0.1) is 5.92 Å². The molecule has 1 aromatic heterocycles. The van der Waals surface area contributed by atoms with Crippen LogP contribution in [0.25, 0.3) is 10.8 Å². The number of rotatable bonds is 6. The molecule has 2 heterocycles. The molecule has 2 amide bonds. The third-order valence-corrected chi connectivity index (χ3v) is 6.41. The Labute approximate surface area is 204 Å². The fourth-order valence-electron chi connectivity index (χ4n) is 4.44. The normalized spacial score (nSPS) is 14.0. The molecule has 6 heteroatoms. The SMILES string of the molecule is O=C(Nc1ccc(OCc2ccccc2)nc1)C1CCN(C(=O)c2cccc3ccccc23)CC1. The molecule has 0 aliphatic carbocycles. The van der Waals surface area contributed by atoms with Crippen molar-refractivity contribution < 1.29 is 14.3 Å². The summed E-state index contributed by atoms with van der Waals surface area (Å²) in [4.78, 5) is 32.1. The van der Waals surface area contributed by atoms with Gasteiger partial charge in [0, 0.05) is 30.6 Å². The van der Waals surface area contributed by atoms with Crippen LogP contribution in [0.2, 0.25) is 0 Å². The van der Waals surface area contributed by atoms with E-state index < -0.39 is 0 Å². The lowest BCUT2D eigenvalue weighted by Crippen LogP contribution is -2.41. The van der Waals surface area contributed by atoms with Gasteiger partial charge in [-0.3, -0.25) is 9.59 Å². The minimum atomic E-state index is -0.138. The van der Waals surface area contributed by atoms with Gasteiger partial charge in [-0.05, 0) is 41.3 Å². The molecule has 6 nitrogen and oxygen atoms in total. The van der Waals surface area contributed by atoms with Crippen molar-refractivity contribution in [3.05, 3.63) is 102 Å². The summed E-state index contributed by atoms with van der Waals surface area (Å²) >= 11 is 0. The average molecular weight is 466 g/mol. The number of nitrogens with one attached hydrogen (secondary N) is 1. The number of hydrogen-bond donors (Lipinski definition) is 1. The third kappa shape index (κ3) is 5.32. The monoisotopic (exact) mass is 465 g/mol. The Kier molecular flexibility index (Phi) is 6.70. The van der Waals surface area contributed by atoms with Crippen LogP contribution in [0.15, 0.2) is 91.1 Å². The molecule has 0 unspecified atom stereocenters. The molecule has 0 saturated carbocycles. The zero-order chi connectivity index (χ0) is 24.0. The summed E-state index contributed by atoms with van der Waals surface area (Å²) in [6.07, 6.45) is 2.87. The second kappa shape index (κ2) is 10.4. The Balaban J connectivity index is 1.13. The van der Waals surface area contributed by atoms with E-state index in [2.05, 4.69) is 10.3 Å². The maximum absolute atomic E-state index is 13.2. The first-order chi connectivity index (χ1) is 17.2. The van der Waals surface area contributed by atoms with Crippen LogP contribution < -0.4 is 10.1 Å². The quantitative estimate of drug-likeness (QED) is 0.419. The number of hydrogen-bond acceptors (Lipinski definition) is 4. The predicted octanol–water partition coefficient (Wildman–Crippen LogP) is 5.30. The first kappa shape index (κ1) is 22.6. The van der Waals surface area contributed by atoms with Crippen LogP contribution in [0.1, 0.15) is 28.8 Å². The van der Waals surface area contributed by atoms with E-state index in [0.717, 1.165) is 16.3 Å². The maximum Gasteiger partial charge on any atom is 0.254 e. The number of aromatic nitrogens is 1. The van der Waals surface area contributed by atoms with Crippen LogP contribution in [-0.2, 0) is 11.4 Å². The van der Waals surface area contributed by atoms with Gasteiger partial charge in [-0.2, -0.15) is 0 Å². The standard InChI is InChI=1S/C29H27N3O3/c33-28(31-24-13-14-27(30-19-24)35-20-21-7-2-1-3-8-21)23-15-17-32(18-16-23)29(34)26-12-6-10-22-9-4-5-11-25(22)26/h1-14,19,23H,15-18,20H2,(H,31,33). The molecule has 35 heavy (non-hydrogen) atoms. The number of carbonyl (C=O) groups excluding carboxylic acids is 2. The highest BCUT2D eigenvalue weighted by atomic mass is 16.5. The number of pyridine rings is 1.